The number of hydrogen-bond donors (Lipinski definition) is 1. The number of esters is 1. The van der Waals surface area contributed by atoms with Crippen LogP contribution >= 0.6 is 7.60 Å². The van der Waals surface area contributed by atoms with E-state index < -0.39 is 54.8 Å². The van der Waals surface area contributed by atoms with Crippen LogP contribution in [0.25, 0.3) is 0 Å². The van der Waals surface area contributed by atoms with Crippen molar-refractivity contribution in [3.05, 3.63) is 0 Å². The van der Waals surface area contributed by atoms with E-state index in [0.717, 1.165) is 12.0 Å². The minimum atomic E-state index is -4.11. The Kier molecular flexibility index (Phi) is 9.08. The zero-order chi connectivity index (χ0) is 24.2. The van der Waals surface area contributed by atoms with Crippen LogP contribution in [-0.4, -0.2) is 72.4 Å². The molecule has 1 fully saturated rings. The maximum Gasteiger partial charge on any atom is 0.413 e. The van der Waals surface area contributed by atoms with Gasteiger partial charge in [0.15, 0.2) is 0 Å². The summed E-state index contributed by atoms with van der Waals surface area (Å²) in [6.45, 7) is 13.0. The van der Waals surface area contributed by atoms with Gasteiger partial charge in [-0.2, -0.15) is 0 Å². The van der Waals surface area contributed by atoms with Crippen LogP contribution in [0.2, 0.25) is 0 Å². The summed E-state index contributed by atoms with van der Waals surface area (Å²) in [6, 6.07) is -1.17. The summed E-state index contributed by atoms with van der Waals surface area (Å²) in [6.07, 6.45) is -1.52. The number of nitrogens with zero attached hydrogens (tertiary/aromatic N) is 1. The molecule has 1 rings (SSSR count). The van der Waals surface area contributed by atoms with Gasteiger partial charge in [0.2, 0.25) is 11.7 Å². The van der Waals surface area contributed by atoms with E-state index in [1.165, 1.54) is 0 Å². The molecule has 1 saturated heterocycles. The van der Waals surface area contributed by atoms with E-state index in [9.17, 15) is 18.9 Å². The Morgan fingerprint density at radius 3 is 2.10 bits per heavy atom. The number of ether oxygens (including phenoxy) is 3. The van der Waals surface area contributed by atoms with Crippen LogP contribution in [0.4, 0.5) is 4.79 Å². The number of rotatable bonds is 8. The fourth-order valence-electron chi connectivity index (χ4n) is 3.24. The average Bonchev–Trinajstić information content (AvgIpc) is 2.86. The molecule has 1 aliphatic heterocycles. The summed E-state index contributed by atoms with van der Waals surface area (Å²) < 4.78 is 39.5. The summed E-state index contributed by atoms with van der Waals surface area (Å²) in [5, 5.41) is 2.38. The van der Waals surface area contributed by atoms with Crippen molar-refractivity contribution in [2.24, 2.45) is 0 Å². The molecular formula is C19H35N2O9P. The molecule has 1 unspecified atom stereocenters. The molecule has 180 valence electrons. The summed E-state index contributed by atoms with van der Waals surface area (Å²) >= 11 is 0. The molecule has 1 N–H and O–H groups in total. The molecule has 0 aromatic rings. The lowest BCUT2D eigenvalue weighted by atomic mass is 10.1. The normalized spacial score (nSPS) is 22.0. The maximum atomic E-state index is 13.2. The fraction of sp³-hybridized carbons (Fsp3) is 0.842. The smallest absolute Gasteiger partial charge is 0.413 e. The third kappa shape index (κ3) is 6.65. The lowest BCUT2D eigenvalue weighted by molar-refractivity contribution is -0.143. The molecule has 0 aliphatic carbocycles. The molecule has 3 atom stereocenters. The number of carbonyl (C=O) groups is 3. The predicted molar refractivity (Wildman–Crippen MR) is 111 cm³/mol. The SMILES string of the molecule is CCOP(=O)(OCC)C(NC(=O)[C@@H]1[C@@H](C)OC(C)(C)N1C(=O)OC(C)(C)C)C(=O)OC. The van der Waals surface area contributed by atoms with E-state index in [4.69, 9.17) is 23.3 Å². The first-order chi connectivity index (χ1) is 14.1. The number of hydrogen-bond acceptors (Lipinski definition) is 9. The average molecular weight is 466 g/mol. The van der Waals surface area contributed by atoms with Crippen LogP contribution in [0.15, 0.2) is 0 Å². The van der Waals surface area contributed by atoms with Gasteiger partial charge in [0.05, 0.1) is 26.4 Å². The largest absolute Gasteiger partial charge is 0.467 e. The molecule has 0 spiro atoms. The van der Waals surface area contributed by atoms with E-state index in [1.54, 1.807) is 55.4 Å². The molecule has 11 nitrogen and oxygen atoms in total. The van der Waals surface area contributed by atoms with Gasteiger partial charge in [-0.3, -0.25) is 14.3 Å². The second kappa shape index (κ2) is 10.3. The molecule has 1 aliphatic rings. The van der Waals surface area contributed by atoms with Crippen molar-refractivity contribution in [1.82, 2.24) is 10.2 Å². The van der Waals surface area contributed by atoms with Gasteiger partial charge in [-0.1, -0.05) is 0 Å². The summed E-state index contributed by atoms with van der Waals surface area (Å²) in [5.74, 6) is -3.52. The van der Waals surface area contributed by atoms with Gasteiger partial charge in [0.1, 0.15) is 17.4 Å². The molecule has 31 heavy (non-hydrogen) atoms. The van der Waals surface area contributed by atoms with Crippen LogP contribution in [0.3, 0.4) is 0 Å². The van der Waals surface area contributed by atoms with Crippen LogP contribution in [0, 0.1) is 0 Å². The molecule has 0 saturated carbocycles. The summed E-state index contributed by atoms with van der Waals surface area (Å²) in [7, 11) is -3.02. The van der Waals surface area contributed by atoms with Crippen molar-refractivity contribution < 1.29 is 42.2 Å². The number of methoxy groups -OCH3 is 1. The van der Waals surface area contributed by atoms with Gasteiger partial charge >= 0.3 is 19.7 Å². The van der Waals surface area contributed by atoms with Crippen molar-refractivity contribution >= 4 is 25.6 Å². The molecule has 0 bridgehead atoms. The minimum Gasteiger partial charge on any atom is -0.467 e. The molecule has 2 amide bonds. The minimum absolute atomic E-state index is 0.0271. The van der Waals surface area contributed by atoms with Crippen LogP contribution in [0.5, 0.6) is 0 Å². The van der Waals surface area contributed by atoms with Crippen LogP contribution in [0.1, 0.15) is 55.4 Å². The van der Waals surface area contributed by atoms with Crippen LogP contribution < -0.4 is 5.32 Å². The molecule has 0 radical (unpaired) electrons. The zero-order valence-electron chi connectivity index (χ0n) is 19.7. The Morgan fingerprint density at radius 1 is 1.16 bits per heavy atom. The monoisotopic (exact) mass is 466 g/mol. The van der Waals surface area contributed by atoms with E-state index in [1.807, 2.05) is 0 Å². The van der Waals surface area contributed by atoms with Gasteiger partial charge in [-0.25, -0.2) is 9.59 Å². The van der Waals surface area contributed by atoms with E-state index >= 15 is 0 Å². The van der Waals surface area contributed by atoms with E-state index in [-0.39, 0.29) is 13.2 Å². The Balaban J connectivity index is 3.29. The topological polar surface area (TPSA) is 130 Å². The second-order valence-corrected chi connectivity index (χ2v) is 10.5. The maximum absolute atomic E-state index is 13.2. The Labute approximate surface area is 183 Å². The first kappa shape index (κ1) is 27.4. The highest BCUT2D eigenvalue weighted by molar-refractivity contribution is 7.55. The summed E-state index contributed by atoms with van der Waals surface area (Å²) in [5.41, 5.74) is -1.98. The molecule has 0 aromatic carbocycles. The first-order valence-electron chi connectivity index (χ1n) is 10.1. The van der Waals surface area contributed by atoms with Crippen molar-refractivity contribution in [2.45, 2.75) is 84.6 Å². The Bertz CT molecular complexity index is 710. The Morgan fingerprint density at radius 2 is 1.68 bits per heavy atom. The quantitative estimate of drug-likeness (QED) is 0.424. The standard InChI is InChI=1S/C19H35N2O9P/c1-10-27-31(25,28-11-2)15(16(23)26-9)20-14(22)13-12(3)29-19(7,8)21(13)17(24)30-18(4,5)6/h12-13,15H,10-11H2,1-9H3,(H,20,22)/t12-,13+,15?/m1/s1. The molecule has 12 heteroatoms. The van der Waals surface area contributed by atoms with Crippen LogP contribution in [-0.2, 0) is 37.4 Å². The van der Waals surface area contributed by atoms with Gasteiger partial charge in [0.25, 0.3) is 0 Å². The van der Waals surface area contributed by atoms with Gasteiger partial charge < -0.3 is 28.6 Å². The Hall–Kier alpha value is -1.68. The molecule has 0 aromatic heterocycles. The number of amides is 2. The molecular weight excluding hydrogens is 431 g/mol. The third-order valence-corrected chi connectivity index (χ3v) is 6.48. The van der Waals surface area contributed by atoms with E-state index in [2.05, 4.69) is 5.32 Å². The number of carbonyl (C=O) groups excluding carboxylic acids is 3. The third-order valence-electron chi connectivity index (χ3n) is 4.27. The lowest BCUT2D eigenvalue weighted by Gasteiger charge is -2.35. The first-order valence-corrected chi connectivity index (χ1v) is 11.7. The van der Waals surface area contributed by atoms with Gasteiger partial charge in [-0.15, -0.1) is 0 Å². The highest BCUT2D eigenvalue weighted by Gasteiger charge is 2.54. The van der Waals surface area contributed by atoms with Crippen molar-refractivity contribution in [3.63, 3.8) is 0 Å². The zero-order valence-corrected chi connectivity index (χ0v) is 20.6. The number of nitrogens with one attached hydrogen (secondary N) is 1. The lowest BCUT2D eigenvalue weighted by Crippen LogP contribution is -2.57. The van der Waals surface area contributed by atoms with E-state index in [0.29, 0.717) is 0 Å². The highest BCUT2D eigenvalue weighted by atomic mass is 31.2. The van der Waals surface area contributed by atoms with Crippen molar-refractivity contribution in [2.75, 3.05) is 20.3 Å². The predicted octanol–water partition coefficient (Wildman–Crippen LogP) is 2.63. The van der Waals surface area contributed by atoms with Gasteiger partial charge in [-0.05, 0) is 55.4 Å². The summed E-state index contributed by atoms with van der Waals surface area (Å²) in [4.78, 5) is 39.6. The molecule has 1 heterocycles. The van der Waals surface area contributed by atoms with Crippen molar-refractivity contribution in [3.8, 4) is 0 Å². The fourth-order valence-corrected chi connectivity index (χ4v) is 4.98. The van der Waals surface area contributed by atoms with Gasteiger partial charge in [0, 0.05) is 0 Å². The second-order valence-electron chi connectivity index (χ2n) is 8.37. The highest BCUT2D eigenvalue weighted by Crippen LogP contribution is 2.52. The van der Waals surface area contributed by atoms with Crippen molar-refractivity contribution in [1.29, 1.82) is 0 Å².